The largest absolute Gasteiger partial charge is 0.441 e. The first-order chi connectivity index (χ1) is 16.4. The number of nitrogens with one attached hydrogen (secondary N) is 1. The minimum atomic E-state index is -0.972. The third-order valence-corrected chi connectivity index (χ3v) is 5.45. The Hall–Kier alpha value is -1.62. The van der Waals surface area contributed by atoms with E-state index in [-0.39, 0.29) is 6.54 Å². The van der Waals surface area contributed by atoms with Crippen LogP contribution in [0.1, 0.15) is 78.1 Å². The van der Waals surface area contributed by atoms with E-state index in [0.717, 1.165) is 25.2 Å². The summed E-state index contributed by atoms with van der Waals surface area (Å²) in [5.41, 5.74) is 0. The first kappa shape index (κ1) is 32.4. The van der Waals surface area contributed by atoms with Crippen molar-refractivity contribution < 1.29 is 39.5 Å². The van der Waals surface area contributed by atoms with Gasteiger partial charge in [-0.3, -0.25) is 0 Å². The van der Waals surface area contributed by atoms with Crippen LogP contribution in [0.5, 0.6) is 0 Å². The molecule has 0 aromatic carbocycles. The topological polar surface area (TPSA) is 149 Å². The van der Waals surface area contributed by atoms with Gasteiger partial charge in [-0.05, 0) is 18.8 Å². The van der Waals surface area contributed by atoms with E-state index in [1.807, 2.05) is 0 Å². The average molecular weight is 493 g/mol. The Morgan fingerprint density at radius 1 is 0.706 bits per heavy atom. The van der Waals surface area contributed by atoms with Crippen molar-refractivity contribution in [2.45, 2.75) is 90.3 Å². The summed E-state index contributed by atoms with van der Waals surface area (Å²) in [5, 5.41) is 38.7. The molecule has 0 unspecified atom stereocenters. The molecule has 0 aliphatic rings. The summed E-state index contributed by atoms with van der Waals surface area (Å²) in [6.45, 7) is 3.67. The number of rotatable bonds is 21. The van der Waals surface area contributed by atoms with Gasteiger partial charge >= 0.3 is 12.2 Å². The quantitative estimate of drug-likeness (QED) is 0.153. The van der Waals surface area contributed by atoms with Gasteiger partial charge in [0.2, 0.25) is 0 Å². The summed E-state index contributed by atoms with van der Waals surface area (Å²) in [4.78, 5) is 25.6. The van der Waals surface area contributed by atoms with Crippen molar-refractivity contribution in [1.29, 1.82) is 0 Å². The molecule has 0 bridgehead atoms. The zero-order chi connectivity index (χ0) is 25.6. The van der Waals surface area contributed by atoms with Gasteiger partial charge in [0.25, 0.3) is 0 Å². The molecule has 0 atom stereocenters. The van der Waals surface area contributed by atoms with Gasteiger partial charge in [-0.25, -0.2) is 9.59 Å². The van der Waals surface area contributed by atoms with Crippen LogP contribution in [0.3, 0.4) is 0 Å². The van der Waals surface area contributed by atoms with Gasteiger partial charge in [0, 0.05) is 19.6 Å². The fraction of sp³-hybridized carbons (Fsp3) is 0.917. The molecular weight excluding hydrogens is 444 g/mol. The third-order valence-electron chi connectivity index (χ3n) is 5.45. The molecule has 0 saturated carbocycles. The molecule has 202 valence electrons. The molecule has 0 aromatic rings. The number of carbonyl (C=O) groups excluding carboxylic acids is 2. The maximum atomic E-state index is 12.5. The number of ether oxygens (including phenoxy) is 2. The molecule has 5 N–H and O–H groups in total. The van der Waals surface area contributed by atoms with Crippen LogP contribution >= 0.6 is 0 Å². The molecule has 2 amide bonds. The summed E-state index contributed by atoms with van der Waals surface area (Å²) >= 11 is 0. The number of hydrogen-bond acceptors (Lipinski definition) is 8. The van der Waals surface area contributed by atoms with Crippen molar-refractivity contribution in [2.24, 2.45) is 5.92 Å². The molecular formula is C24H48N2O8. The van der Waals surface area contributed by atoms with Gasteiger partial charge in [0.15, 0.2) is 0 Å². The fourth-order valence-corrected chi connectivity index (χ4v) is 3.35. The minimum Gasteiger partial charge on any atom is -0.441 e. The van der Waals surface area contributed by atoms with Crippen molar-refractivity contribution >= 4 is 12.2 Å². The summed E-state index contributed by atoms with van der Waals surface area (Å²) in [6, 6.07) is 0. The van der Waals surface area contributed by atoms with E-state index >= 15 is 0 Å². The molecule has 0 radical (unpaired) electrons. The minimum absolute atomic E-state index is 0.229. The number of unbranched alkanes of at least 4 members (excludes halogenated alkanes) is 7. The molecule has 0 spiro atoms. The highest BCUT2D eigenvalue weighted by Crippen LogP contribution is 2.13. The van der Waals surface area contributed by atoms with E-state index in [9.17, 15) is 9.59 Å². The first-order valence-electron chi connectivity index (χ1n) is 12.7. The monoisotopic (exact) mass is 492 g/mol. The zero-order valence-electron chi connectivity index (χ0n) is 21.1. The summed E-state index contributed by atoms with van der Waals surface area (Å²) < 4.78 is 9.96. The summed E-state index contributed by atoms with van der Waals surface area (Å²) in [7, 11) is 0. The molecule has 0 fully saturated rings. The van der Waals surface area contributed by atoms with Crippen molar-refractivity contribution in [3.05, 3.63) is 0 Å². The van der Waals surface area contributed by atoms with E-state index in [1.54, 1.807) is 0 Å². The molecule has 0 aliphatic carbocycles. The standard InChI is InChI=1S/C24H48N2O8/c1-20(2)12-9-7-5-3-4-6-8-10-14-26(24(32)34-22(18-29)19-30)15-11-13-25-23(31)33-21(16-27)17-28/h20-22,27-30H,3-19H2,1-2H3,(H,25,31). The van der Waals surface area contributed by atoms with Crippen LogP contribution in [0, 0.1) is 5.92 Å². The predicted octanol–water partition coefficient (Wildman–Crippen LogP) is 2.41. The van der Waals surface area contributed by atoms with Gasteiger partial charge in [-0.15, -0.1) is 0 Å². The van der Waals surface area contributed by atoms with Crippen LogP contribution in [0.15, 0.2) is 0 Å². The zero-order valence-corrected chi connectivity index (χ0v) is 21.1. The summed E-state index contributed by atoms with van der Waals surface area (Å²) in [5.74, 6) is 0.772. The maximum absolute atomic E-state index is 12.5. The Balaban J connectivity index is 4.27. The van der Waals surface area contributed by atoms with Gasteiger partial charge in [0.1, 0.15) is 12.2 Å². The van der Waals surface area contributed by atoms with Gasteiger partial charge in [0.05, 0.1) is 26.4 Å². The molecule has 0 saturated heterocycles. The predicted molar refractivity (Wildman–Crippen MR) is 129 cm³/mol. The lowest BCUT2D eigenvalue weighted by atomic mass is 10.0. The number of amides is 2. The number of hydrogen-bond donors (Lipinski definition) is 5. The Labute approximate surface area is 204 Å². The SMILES string of the molecule is CC(C)CCCCCCCCCCN(CCCNC(=O)OC(CO)CO)C(=O)OC(CO)CO. The Morgan fingerprint density at radius 2 is 1.18 bits per heavy atom. The highest BCUT2D eigenvalue weighted by atomic mass is 16.6. The van der Waals surface area contributed by atoms with Gasteiger partial charge in [-0.2, -0.15) is 0 Å². The third kappa shape index (κ3) is 17.8. The molecule has 0 heterocycles. The van der Waals surface area contributed by atoms with Crippen LogP contribution in [0.25, 0.3) is 0 Å². The van der Waals surface area contributed by atoms with Gasteiger partial charge < -0.3 is 40.1 Å². The average Bonchev–Trinajstić information content (AvgIpc) is 2.82. The smallest absolute Gasteiger partial charge is 0.410 e. The Kier molecular flexibility index (Phi) is 20.8. The van der Waals surface area contributed by atoms with Crippen molar-refractivity contribution in [2.75, 3.05) is 46.1 Å². The summed E-state index contributed by atoms with van der Waals surface area (Å²) in [6.07, 6.45) is 7.60. The normalized spacial score (nSPS) is 11.3. The van der Waals surface area contributed by atoms with E-state index in [1.165, 1.54) is 43.4 Å². The molecule has 10 heteroatoms. The first-order valence-corrected chi connectivity index (χ1v) is 12.7. The molecule has 34 heavy (non-hydrogen) atoms. The second-order valence-corrected chi connectivity index (χ2v) is 9.04. The van der Waals surface area contributed by atoms with Crippen LogP contribution < -0.4 is 5.32 Å². The van der Waals surface area contributed by atoms with E-state index in [4.69, 9.17) is 29.9 Å². The van der Waals surface area contributed by atoms with Crippen molar-refractivity contribution in [3.63, 3.8) is 0 Å². The van der Waals surface area contributed by atoms with Crippen LogP contribution in [0.4, 0.5) is 9.59 Å². The van der Waals surface area contributed by atoms with E-state index in [0.29, 0.717) is 19.5 Å². The molecule has 0 rings (SSSR count). The molecule has 0 aliphatic heterocycles. The van der Waals surface area contributed by atoms with E-state index in [2.05, 4.69) is 19.2 Å². The Morgan fingerprint density at radius 3 is 1.71 bits per heavy atom. The van der Waals surface area contributed by atoms with Crippen LogP contribution in [-0.4, -0.2) is 95.8 Å². The lowest BCUT2D eigenvalue weighted by Gasteiger charge is -2.24. The highest BCUT2D eigenvalue weighted by Gasteiger charge is 2.19. The van der Waals surface area contributed by atoms with Gasteiger partial charge in [-0.1, -0.05) is 65.2 Å². The molecule has 0 aromatic heterocycles. The lowest BCUT2D eigenvalue weighted by Crippen LogP contribution is -2.39. The number of aliphatic hydroxyl groups excluding tert-OH is 4. The molecule has 10 nitrogen and oxygen atoms in total. The number of nitrogens with zero attached hydrogens (tertiary/aromatic N) is 1. The van der Waals surface area contributed by atoms with E-state index < -0.39 is 50.8 Å². The van der Waals surface area contributed by atoms with Crippen LogP contribution in [0.2, 0.25) is 0 Å². The van der Waals surface area contributed by atoms with Crippen molar-refractivity contribution in [1.82, 2.24) is 10.2 Å². The highest BCUT2D eigenvalue weighted by molar-refractivity contribution is 5.68. The number of alkyl carbamates (subject to hydrolysis) is 1. The lowest BCUT2D eigenvalue weighted by molar-refractivity contribution is 0.00430. The maximum Gasteiger partial charge on any atom is 0.410 e. The Bertz CT molecular complexity index is 499. The number of carbonyl (C=O) groups is 2. The van der Waals surface area contributed by atoms with Crippen LogP contribution in [-0.2, 0) is 9.47 Å². The fourth-order valence-electron chi connectivity index (χ4n) is 3.35. The second kappa shape index (κ2) is 21.9. The van der Waals surface area contributed by atoms with Crippen molar-refractivity contribution in [3.8, 4) is 0 Å². The second-order valence-electron chi connectivity index (χ2n) is 9.04. The number of aliphatic hydroxyl groups is 4.